The summed E-state index contributed by atoms with van der Waals surface area (Å²) in [4.78, 5) is 16.1. The highest BCUT2D eigenvalue weighted by Crippen LogP contribution is 2.64. The van der Waals surface area contributed by atoms with Gasteiger partial charge in [-0.1, -0.05) is 12.1 Å². The second-order valence-corrected chi connectivity index (χ2v) is 7.14. The van der Waals surface area contributed by atoms with Crippen molar-refractivity contribution in [3.05, 3.63) is 66.0 Å². The van der Waals surface area contributed by atoms with E-state index in [0.29, 0.717) is 5.56 Å². The molecule has 1 aromatic carbocycles. The number of nitrogens with one attached hydrogen (secondary N) is 1. The van der Waals surface area contributed by atoms with Crippen LogP contribution in [-0.4, -0.2) is 39.9 Å². The number of hydrogen-bond acceptors (Lipinski definition) is 4. The number of aromatic hydroxyl groups is 1. The van der Waals surface area contributed by atoms with Crippen molar-refractivity contribution in [1.29, 1.82) is 0 Å². The maximum Gasteiger partial charge on any atom is 0.398 e. The fourth-order valence-electron chi connectivity index (χ4n) is 3.24. The number of nitrogens with zero attached hydrogens (tertiary/aromatic N) is 1. The summed E-state index contributed by atoms with van der Waals surface area (Å²) in [5.41, 5.74) is -1.05. The molecule has 3 rings (SSSR count). The quantitative estimate of drug-likeness (QED) is 0.617. The molecule has 1 amide bonds. The van der Waals surface area contributed by atoms with Crippen molar-refractivity contribution in [3.8, 4) is 5.75 Å². The lowest BCUT2D eigenvalue weighted by Crippen LogP contribution is -2.33. The van der Waals surface area contributed by atoms with Crippen LogP contribution in [-0.2, 0) is 11.2 Å². The molecule has 3 N–H and O–H groups in total. The minimum absolute atomic E-state index is 0.0680. The Labute approximate surface area is 165 Å². The molecule has 1 unspecified atom stereocenters. The third kappa shape index (κ3) is 4.95. The van der Waals surface area contributed by atoms with E-state index in [4.69, 9.17) is 0 Å². The highest BCUT2D eigenvalue weighted by molar-refractivity contribution is 5.97. The number of halogens is 3. The number of aromatic nitrogens is 1. The SMILES string of the molecule is O=C(C=C(c1ccncc1)C1(C(F)(F)F)CC1)NCC(O)Cc1ccc(O)cc1. The predicted molar refractivity (Wildman–Crippen MR) is 101 cm³/mol. The van der Waals surface area contributed by atoms with Gasteiger partial charge in [0, 0.05) is 31.4 Å². The van der Waals surface area contributed by atoms with Gasteiger partial charge in [0.1, 0.15) is 5.75 Å². The third-order valence-corrected chi connectivity index (χ3v) is 4.99. The second kappa shape index (κ2) is 8.24. The first-order valence-electron chi connectivity index (χ1n) is 9.14. The molecule has 1 atom stereocenters. The largest absolute Gasteiger partial charge is 0.508 e. The summed E-state index contributed by atoms with van der Waals surface area (Å²) in [6.07, 6.45) is -1.54. The maximum absolute atomic E-state index is 13.6. The van der Waals surface area contributed by atoms with Gasteiger partial charge in [-0.15, -0.1) is 0 Å². The van der Waals surface area contributed by atoms with Crippen molar-refractivity contribution < 1.29 is 28.2 Å². The molecule has 1 aromatic heterocycles. The first kappa shape index (κ1) is 20.9. The van der Waals surface area contributed by atoms with Crippen LogP contribution in [0.15, 0.2) is 54.9 Å². The Balaban J connectivity index is 1.69. The molecule has 154 valence electrons. The molecule has 2 aromatic rings. The number of carbonyl (C=O) groups is 1. The fourth-order valence-corrected chi connectivity index (χ4v) is 3.24. The Hall–Kier alpha value is -2.87. The number of alkyl halides is 3. The summed E-state index contributed by atoms with van der Waals surface area (Å²) in [5, 5.41) is 21.8. The number of allylic oxidation sites excluding steroid dienone is 1. The van der Waals surface area contributed by atoms with Gasteiger partial charge >= 0.3 is 6.18 Å². The van der Waals surface area contributed by atoms with E-state index in [1.807, 2.05) is 0 Å². The van der Waals surface area contributed by atoms with E-state index in [9.17, 15) is 28.2 Å². The molecular weight excluding hydrogens is 385 g/mol. The van der Waals surface area contributed by atoms with Crippen LogP contribution in [0.25, 0.3) is 5.57 Å². The average molecular weight is 406 g/mol. The molecule has 0 saturated heterocycles. The van der Waals surface area contributed by atoms with Gasteiger partial charge in [0.15, 0.2) is 0 Å². The zero-order valence-electron chi connectivity index (χ0n) is 15.5. The van der Waals surface area contributed by atoms with Crippen LogP contribution in [0.1, 0.15) is 24.0 Å². The monoisotopic (exact) mass is 406 g/mol. The molecule has 0 radical (unpaired) electrons. The smallest absolute Gasteiger partial charge is 0.398 e. The van der Waals surface area contributed by atoms with Crippen molar-refractivity contribution in [2.45, 2.75) is 31.5 Å². The van der Waals surface area contributed by atoms with Crippen LogP contribution in [0, 0.1) is 5.41 Å². The minimum atomic E-state index is -4.46. The number of aliphatic hydroxyl groups excluding tert-OH is 1. The van der Waals surface area contributed by atoms with Crippen LogP contribution >= 0.6 is 0 Å². The van der Waals surface area contributed by atoms with Crippen molar-refractivity contribution in [3.63, 3.8) is 0 Å². The summed E-state index contributed by atoms with van der Waals surface area (Å²) in [6, 6.07) is 9.15. The predicted octanol–water partition coefficient (Wildman–Crippen LogP) is 3.23. The highest BCUT2D eigenvalue weighted by Gasteiger charge is 2.65. The van der Waals surface area contributed by atoms with E-state index >= 15 is 0 Å². The van der Waals surface area contributed by atoms with Gasteiger partial charge in [-0.05, 0) is 53.8 Å². The number of benzene rings is 1. The molecule has 29 heavy (non-hydrogen) atoms. The zero-order valence-corrected chi connectivity index (χ0v) is 15.5. The zero-order chi connectivity index (χ0) is 21.1. The summed E-state index contributed by atoms with van der Waals surface area (Å²) in [5.74, 6) is -0.596. The van der Waals surface area contributed by atoms with E-state index in [-0.39, 0.29) is 37.1 Å². The van der Waals surface area contributed by atoms with Crippen molar-refractivity contribution in [2.24, 2.45) is 5.41 Å². The molecule has 1 saturated carbocycles. The molecule has 1 fully saturated rings. The Kier molecular flexibility index (Phi) is 5.93. The van der Waals surface area contributed by atoms with Gasteiger partial charge < -0.3 is 15.5 Å². The van der Waals surface area contributed by atoms with E-state index in [1.54, 1.807) is 12.1 Å². The van der Waals surface area contributed by atoms with E-state index in [1.165, 1.54) is 36.7 Å². The number of aliphatic hydroxyl groups is 1. The lowest BCUT2D eigenvalue weighted by atomic mass is 9.89. The van der Waals surface area contributed by atoms with Gasteiger partial charge in [-0.3, -0.25) is 9.78 Å². The topological polar surface area (TPSA) is 82.5 Å². The average Bonchev–Trinajstić information content (AvgIpc) is 3.49. The lowest BCUT2D eigenvalue weighted by Gasteiger charge is -2.23. The fraction of sp³-hybridized carbons (Fsp3) is 0.333. The van der Waals surface area contributed by atoms with Gasteiger partial charge in [-0.25, -0.2) is 0 Å². The van der Waals surface area contributed by atoms with Crippen LogP contribution in [0.5, 0.6) is 5.75 Å². The van der Waals surface area contributed by atoms with E-state index in [0.717, 1.165) is 11.6 Å². The number of phenols is 1. The number of phenolic OH excluding ortho intramolecular Hbond substituents is 1. The minimum Gasteiger partial charge on any atom is -0.508 e. The van der Waals surface area contributed by atoms with Crippen LogP contribution < -0.4 is 5.32 Å². The Morgan fingerprint density at radius 3 is 2.34 bits per heavy atom. The molecule has 1 heterocycles. The number of rotatable bonds is 7. The van der Waals surface area contributed by atoms with E-state index < -0.39 is 23.6 Å². The third-order valence-electron chi connectivity index (χ3n) is 4.99. The maximum atomic E-state index is 13.6. The summed E-state index contributed by atoms with van der Waals surface area (Å²) in [7, 11) is 0. The molecule has 0 bridgehead atoms. The van der Waals surface area contributed by atoms with Gasteiger partial charge in [0.25, 0.3) is 0 Å². The van der Waals surface area contributed by atoms with Gasteiger partial charge in [0.05, 0.1) is 11.5 Å². The molecule has 8 heteroatoms. The molecule has 1 aliphatic carbocycles. The summed E-state index contributed by atoms with van der Waals surface area (Å²) in [6.45, 7) is -0.112. The Morgan fingerprint density at radius 2 is 1.79 bits per heavy atom. The molecule has 0 aliphatic heterocycles. The number of carbonyl (C=O) groups excluding carboxylic acids is 1. The Morgan fingerprint density at radius 1 is 1.17 bits per heavy atom. The molecular formula is C21H21F3N2O3. The van der Waals surface area contributed by atoms with Crippen LogP contribution in [0.4, 0.5) is 13.2 Å². The normalized spacial score (nSPS) is 16.9. The van der Waals surface area contributed by atoms with Crippen LogP contribution in [0.3, 0.4) is 0 Å². The second-order valence-electron chi connectivity index (χ2n) is 7.14. The lowest BCUT2D eigenvalue weighted by molar-refractivity contribution is -0.168. The molecule has 5 nitrogen and oxygen atoms in total. The highest BCUT2D eigenvalue weighted by atomic mass is 19.4. The van der Waals surface area contributed by atoms with Crippen molar-refractivity contribution in [2.75, 3.05) is 6.54 Å². The molecule has 1 aliphatic rings. The summed E-state index contributed by atoms with van der Waals surface area (Å²) < 4.78 is 40.9. The standard InChI is InChI=1S/C21H21F3N2O3/c22-21(23,24)20(7-8-20)18(15-5-9-25-10-6-15)12-19(29)26-13-17(28)11-14-1-3-16(27)4-2-14/h1-6,9-10,12,17,27-28H,7-8,11,13H2,(H,26,29). The van der Waals surface area contributed by atoms with Gasteiger partial charge in [-0.2, -0.15) is 13.2 Å². The number of hydrogen-bond donors (Lipinski definition) is 3. The van der Waals surface area contributed by atoms with Gasteiger partial charge in [0.2, 0.25) is 5.91 Å². The first-order valence-corrected chi connectivity index (χ1v) is 9.14. The van der Waals surface area contributed by atoms with Crippen molar-refractivity contribution >= 4 is 11.5 Å². The first-order chi connectivity index (χ1) is 13.7. The number of pyridine rings is 1. The molecule has 0 spiro atoms. The summed E-state index contributed by atoms with van der Waals surface area (Å²) >= 11 is 0. The van der Waals surface area contributed by atoms with E-state index in [2.05, 4.69) is 10.3 Å². The Bertz CT molecular complexity index is 876. The number of amides is 1. The van der Waals surface area contributed by atoms with Crippen molar-refractivity contribution in [1.82, 2.24) is 10.3 Å². The van der Waals surface area contributed by atoms with Crippen LogP contribution in [0.2, 0.25) is 0 Å².